The molecule has 1 atom stereocenters. The summed E-state index contributed by atoms with van der Waals surface area (Å²) in [5, 5.41) is 2.63. The molecule has 0 aromatic heterocycles. The Kier molecular flexibility index (Phi) is 8.30. The lowest BCUT2D eigenvalue weighted by molar-refractivity contribution is -0.133. The largest absolute Gasteiger partial charge is 0.358 e. The van der Waals surface area contributed by atoms with Gasteiger partial charge in [0, 0.05) is 39.6 Å². The summed E-state index contributed by atoms with van der Waals surface area (Å²) in [5.41, 5.74) is 5.59. The lowest BCUT2D eigenvalue weighted by atomic mass is 9.96. The normalized spacial score (nSPS) is 17.6. The molecule has 0 radical (unpaired) electrons. The van der Waals surface area contributed by atoms with Crippen LogP contribution in [-0.4, -0.2) is 67.9 Å². The van der Waals surface area contributed by atoms with Crippen molar-refractivity contribution in [1.29, 1.82) is 0 Å². The molecular formula is C15H30N4O2. The maximum atomic E-state index is 12.2. The highest BCUT2D eigenvalue weighted by atomic mass is 16.2. The number of nitrogens with zero attached hydrogens (tertiary/aromatic N) is 2. The molecule has 0 saturated carbocycles. The first-order chi connectivity index (χ1) is 10.1. The second-order valence-electron chi connectivity index (χ2n) is 5.72. The lowest BCUT2D eigenvalue weighted by Crippen LogP contribution is -2.50. The van der Waals surface area contributed by atoms with Crippen LogP contribution in [0.2, 0.25) is 0 Å². The number of piperazine rings is 1. The van der Waals surface area contributed by atoms with Crippen molar-refractivity contribution in [3.8, 4) is 0 Å². The highest BCUT2D eigenvalue weighted by Gasteiger charge is 2.22. The zero-order chi connectivity index (χ0) is 15.7. The fraction of sp³-hybridized carbons (Fsp3) is 0.867. The number of likely N-dealkylation sites (N-methyl/N-ethyl adjacent to an activating group) is 1. The van der Waals surface area contributed by atoms with Crippen molar-refractivity contribution in [2.75, 3.05) is 46.3 Å². The van der Waals surface area contributed by atoms with Crippen molar-refractivity contribution < 1.29 is 9.59 Å². The molecule has 2 amide bonds. The molecule has 6 heteroatoms. The van der Waals surface area contributed by atoms with Crippen molar-refractivity contribution in [3.05, 3.63) is 0 Å². The van der Waals surface area contributed by atoms with Gasteiger partial charge in [0.05, 0.1) is 6.54 Å². The molecule has 1 fully saturated rings. The fourth-order valence-corrected chi connectivity index (χ4v) is 2.71. The molecule has 122 valence electrons. The van der Waals surface area contributed by atoms with E-state index in [0.717, 1.165) is 45.4 Å². The van der Waals surface area contributed by atoms with E-state index in [-0.39, 0.29) is 11.8 Å². The Labute approximate surface area is 128 Å². The minimum absolute atomic E-state index is 0.0300. The molecule has 1 saturated heterocycles. The van der Waals surface area contributed by atoms with Gasteiger partial charge in [0.2, 0.25) is 11.8 Å². The maximum Gasteiger partial charge on any atom is 0.233 e. The smallest absolute Gasteiger partial charge is 0.233 e. The topological polar surface area (TPSA) is 78.7 Å². The van der Waals surface area contributed by atoms with Crippen LogP contribution in [0.4, 0.5) is 0 Å². The number of carbonyl (C=O) groups excluding carboxylic acids is 2. The monoisotopic (exact) mass is 298 g/mol. The summed E-state index contributed by atoms with van der Waals surface area (Å²) in [6.45, 7) is 6.28. The summed E-state index contributed by atoms with van der Waals surface area (Å²) in [6.07, 6.45) is 3.65. The molecule has 0 bridgehead atoms. The summed E-state index contributed by atoms with van der Waals surface area (Å²) in [4.78, 5) is 27.5. The van der Waals surface area contributed by atoms with E-state index in [4.69, 9.17) is 5.73 Å². The van der Waals surface area contributed by atoms with E-state index < -0.39 is 0 Å². The van der Waals surface area contributed by atoms with Crippen molar-refractivity contribution in [1.82, 2.24) is 15.1 Å². The summed E-state index contributed by atoms with van der Waals surface area (Å²) >= 11 is 0. The Balaban J connectivity index is 2.26. The number of nitrogens with one attached hydrogen (secondary N) is 1. The van der Waals surface area contributed by atoms with E-state index in [1.54, 1.807) is 7.05 Å². The van der Waals surface area contributed by atoms with E-state index in [0.29, 0.717) is 25.4 Å². The van der Waals surface area contributed by atoms with Crippen molar-refractivity contribution in [3.63, 3.8) is 0 Å². The van der Waals surface area contributed by atoms with E-state index in [9.17, 15) is 9.59 Å². The molecule has 1 aliphatic heterocycles. The van der Waals surface area contributed by atoms with E-state index in [1.165, 1.54) is 0 Å². The summed E-state index contributed by atoms with van der Waals surface area (Å²) in [7, 11) is 1.65. The van der Waals surface area contributed by atoms with Gasteiger partial charge in [-0.3, -0.25) is 14.5 Å². The van der Waals surface area contributed by atoms with Gasteiger partial charge in [-0.2, -0.15) is 0 Å². The molecule has 0 aliphatic carbocycles. The first-order valence-corrected chi connectivity index (χ1v) is 8.01. The van der Waals surface area contributed by atoms with Crippen LogP contribution in [-0.2, 0) is 9.59 Å². The molecule has 0 aromatic carbocycles. The SMILES string of the molecule is CCC(CCN)CCC(=O)N1CCN(CC(=O)NC)CC1. The minimum Gasteiger partial charge on any atom is -0.358 e. The molecular weight excluding hydrogens is 268 g/mol. The number of rotatable bonds is 8. The van der Waals surface area contributed by atoms with Crippen molar-refractivity contribution in [2.45, 2.75) is 32.6 Å². The average Bonchev–Trinajstić information content (AvgIpc) is 2.51. The standard InChI is InChI=1S/C15H30N4O2/c1-3-13(6-7-16)4-5-15(21)19-10-8-18(9-11-19)12-14(20)17-2/h13H,3-12,16H2,1-2H3,(H,17,20). The van der Waals surface area contributed by atoms with Gasteiger partial charge in [0.1, 0.15) is 0 Å². The molecule has 1 unspecified atom stereocenters. The third-order valence-corrected chi connectivity index (χ3v) is 4.29. The third-order valence-electron chi connectivity index (χ3n) is 4.29. The van der Waals surface area contributed by atoms with Crippen LogP contribution in [0.15, 0.2) is 0 Å². The van der Waals surface area contributed by atoms with Gasteiger partial charge in [-0.1, -0.05) is 13.3 Å². The molecule has 21 heavy (non-hydrogen) atoms. The highest BCUT2D eigenvalue weighted by molar-refractivity contribution is 5.78. The number of hydrogen-bond acceptors (Lipinski definition) is 4. The number of hydrogen-bond donors (Lipinski definition) is 2. The van der Waals surface area contributed by atoms with Crippen LogP contribution in [0, 0.1) is 5.92 Å². The van der Waals surface area contributed by atoms with E-state index in [1.807, 2.05) is 4.90 Å². The molecule has 0 aromatic rings. The first kappa shape index (κ1) is 17.9. The predicted octanol–water partition coefficient (Wildman–Crippen LogP) is 0.0318. The highest BCUT2D eigenvalue weighted by Crippen LogP contribution is 2.16. The quantitative estimate of drug-likeness (QED) is 0.663. The van der Waals surface area contributed by atoms with Gasteiger partial charge in [-0.25, -0.2) is 0 Å². The Morgan fingerprint density at radius 3 is 2.38 bits per heavy atom. The molecule has 0 spiro atoms. The second kappa shape index (κ2) is 9.73. The Bertz CT molecular complexity index is 328. The summed E-state index contributed by atoms with van der Waals surface area (Å²) < 4.78 is 0. The fourth-order valence-electron chi connectivity index (χ4n) is 2.71. The predicted molar refractivity (Wildman–Crippen MR) is 83.8 cm³/mol. The zero-order valence-corrected chi connectivity index (χ0v) is 13.4. The zero-order valence-electron chi connectivity index (χ0n) is 13.4. The van der Waals surface area contributed by atoms with Gasteiger partial charge < -0.3 is 16.0 Å². The van der Waals surface area contributed by atoms with Gasteiger partial charge in [0.25, 0.3) is 0 Å². The lowest BCUT2D eigenvalue weighted by Gasteiger charge is -2.34. The summed E-state index contributed by atoms with van der Waals surface area (Å²) in [6, 6.07) is 0. The van der Waals surface area contributed by atoms with Crippen molar-refractivity contribution in [2.24, 2.45) is 11.7 Å². The molecule has 1 heterocycles. The molecule has 6 nitrogen and oxygen atoms in total. The van der Waals surface area contributed by atoms with Gasteiger partial charge in [-0.05, 0) is 25.3 Å². The first-order valence-electron chi connectivity index (χ1n) is 8.01. The molecule has 3 N–H and O–H groups in total. The second-order valence-corrected chi connectivity index (χ2v) is 5.72. The Morgan fingerprint density at radius 2 is 1.86 bits per heavy atom. The molecule has 1 aliphatic rings. The van der Waals surface area contributed by atoms with Crippen molar-refractivity contribution >= 4 is 11.8 Å². The van der Waals surface area contributed by atoms with Crippen LogP contribution >= 0.6 is 0 Å². The number of nitrogens with two attached hydrogens (primary N) is 1. The van der Waals surface area contributed by atoms with Crippen LogP contribution in [0.1, 0.15) is 32.6 Å². The Morgan fingerprint density at radius 1 is 1.19 bits per heavy atom. The third kappa shape index (κ3) is 6.44. The van der Waals surface area contributed by atoms with Crippen LogP contribution < -0.4 is 11.1 Å². The minimum atomic E-state index is 0.0300. The van der Waals surface area contributed by atoms with Gasteiger partial charge in [0.15, 0.2) is 0 Å². The molecule has 1 rings (SSSR count). The van der Waals surface area contributed by atoms with E-state index in [2.05, 4.69) is 17.1 Å². The van der Waals surface area contributed by atoms with Gasteiger partial charge >= 0.3 is 0 Å². The van der Waals surface area contributed by atoms with Crippen LogP contribution in [0.5, 0.6) is 0 Å². The van der Waals surface area contributed by atoms with Crippen LogP contribution in [0.25, 0.3) is 0 Å². The van der Waals surface area contributed by atoms with Gasteiger partial charge in [-0.15, -0.1) is 0 Å². The maximum absolute atomic E-state index is 12.2. The number of carbonyl (C=O) groups is 2. The summed E-state index contributed by atoms with van der Waals surface area (Å²) in [5.74, 6) is 0.834. The Hall–Kier alpha value is -1.14. The van der Waals surface area contributed by atoms with E-state index >= 15 is 0 Å². The number of amides is 2. The van der Waals surface area contributed by atoms with Crippen LogP contribution in [0.3, 0.4) is 0 Å². The average molecular weight is 298 g/mol.